The van der Waals surface area contributed by atoms with Gasteiger partial charge in [-0.25, -0.2) is 13.4 Å². The van der Waals surface area contributed by atoms with Crippen LogP contribution in [0.1, 0.15) is 27.3 Å². The third-order valence-electron chi connectivity index (χ3n) is 6.01. The minimum absolute atomic E-state index is 0.114. The minimum Gasteiger partial charge on any atom is -0.334 e. The molecule has 1 N–H and O–H groups in total. The van der Waals surface area contributed by atoms with Gasteiger partial charge in [0.2, 0.25) is 10.0 Å². The van der Waals surface area contributed by atoms with Gasteiger partial charge in [-0.1, -0.05) is 23.7 Å². The molecule has 5 rings (SSSR count). The van der Waals surface area contributed by atoms with Gasteiger partial charge in [-0.15, -0.1) is 11.3 Å². The van der Waals surface area contributed by atoms with Gasteiger partial charge in [0.25, 0.3) is 5.91 Å². The summed E-state index contributed by atoms with van der Waals surface area (Å²) < 4.78 is 27.8. The number of rotatable bonds is 3. The zero-order chi connectivity index (χ0) is 22.5. The van der Waals surface area contributed by atoms with E-state index in [2.05, 4.69) is 17.2 Å². The summed E-state index contributed by atoms with van der Waals surface area (Å²) >= 11 is 7.46. The molecule has 2 aromatic carbocycles. The number of nitrogens with zero attached hydrogens (tertiary/aromatic N) is 3. The van der Waals surface area contributed by atoms with Gasteiger partial charge in [0.05, 0.1) is 10.6 Å². The van der Waals surface area contributed by atoms with Crippen molar-refractivity contribution >= 4 is 49.6 Å². The third kappa shape index (κ3) is 4.04. The zero-order valence-corrected chi connectivity index (χ0v) is 19.9. The molecule has 1 saturated heterocycles. The lowest BCUT2D eigenvalue weighted by atomic mass is 10.1. The summed E-state index contributed by atoms with van der Waals surface area (Å²) in [5.74, 6) is -0.114. The van der Waals surface area contributed by atoms with Crippen LogP contribution in [0.15, 0.2) is 41.3 Å². The van der Waals surface area contributed by atoms with Crippen LogP contribution < -0.4 is 5.32 Å². The fraction of sp³-hybridized carbons (Fsp3) is 0.364. The molecule has 32 heavy (non-hydrogen) atoms. The largest absolute Gasteiger partial charge is 0.334 e. The maximum Gasteiger partial charge on any atom is 0.282 e. The Labute approximate surface area is 196 Å². The quantitative estimate of drug-likeness (QED) is 0.610. The van der Waals surface area contributed by atoms with Crippen LogP contribution in [0, 0.1) is 0 Å². The topological polar surface area (TPSA) is 82.6 Å². The van der Waals surface area contributed by atoms with Crippen molar-refractivity contribution in [3.8, 4) is 0 Å². The van der Waals surface area contributed by atoms with Crippen molar-refractivity contribution in [2.45, 2.75) is 30.8 Å². The van der Waals surface area contributed by atoms with Crippen molar-refractivity contribution in [2.75, 3.05) is 26.2 Å². The van der Waals surface area contributed by atoms with Gasteiger partial charge in [0.15, 0.2) is 5.01 Å². The molecule has 0 saturated carbocycles. The summed E-state index contributed by atoms with van der Waals surface area (Å²) in [6.45, 7) is 4.06. The first kappa shape index (κ1) is 21.8. The van der Waals surface area contributed by atoms with Crippen molar-refractivity contribution in [3.63, 3.8) is 0 Å². The van der Waals surface area contributed by atoms with Gasteiger partial charge in [0, 0.05) is 55.1 Å². The van der Waals surface area contributed by atoms with E-state index >= 15 is 0 Å². The summed E-state index contributed by atoms with van der Waals surface area (Å²) in [6.07, 6.45) is 0.823. The molecule has 10 heteroatoms. The molecule has 2 aliphatic rings. The van der Waals surface area contributed by atoms with E-state index < -0.39 is 10.0 Å². The van der Waals surface area contributed by atoms with Gasteiger partial charge >= 0.3 is 0 Å². The summed E-state index contributed by atoms with van der Waals surface area (Å²) in [7, 11) is -3.64. The smallest absolute Gasteiger partial charge is 0.282 e. The van der Waals surface area contributed by atoms with Crippen molar-refractivity contribution in [3.05, 3.63) is 57.0 Å². The lowest BCUT2D eigenvalue weighted by Crippen LogP contribution is -2.50. The maximum absolute atomic E-state index is 13.2. The fourth-order valence-corrected chi connectivity index (χ4v) is 6.82. The normalized spacial score (nSPS) is 19.8. The highest BCUT2D eigenvalue weighted by molar-refractivity contribution is 7.89. The van der Waals surface area contributed by atoms with E-state index in [1.807, 2.05) is 12.1 Å². The molecular weight excluding hydrogens is 468 g/mol. The van der Waals surface area contributed by atoms with Crippen LogP contribution in [0.25, 0.3) is 10.8 Å². The molecule has 1 atom stereocenters. The predicted molar refractivity (Wildman–Crippen MR) is 126 cm³/mol. The monoisotopic (exact) mass is 490 g/mol. The lowest BCUT2D eigenvalue weighted by Gasteiger charge is -2.33. The predicted octanol–water partition coefficient (Wildman–Crippen LogP) is 3.13. The molecule has 0 aliphatic carbocycles. The number of benzene rings is 2. The highest BCUT2D eigenvalue weighted by atomic mass is 35.5. The molecule has 1 fully saturated rings. The molecule has 1 unspecified atom stereocenters. The summed E-state index contributed by atoms with van der Waals surface area (Å²) in [5.41, 5.74) is 1.00. The Morgan fingerprint density at radius 3 is 2.62 bits per heavy atom. The third-order valence-corrected chi connectivity index (χ3v) is 9.22. The van der Waals surface area contributed by atoms with Crippen molar-refractivity contribution in [1.29, 1.82) is 0 Å². The number of aromatic nitrogens is 1. The van der Waals surface area contributed by atoms with Crippen LogP contribution in [0.4, 0.5) is 0 Å². The highest BCUT2D eigenvalue weighted by Gasteiger charge is 2.32. The molecule has 3 heterocycles. The Bertz CT molecular complexity index is 1300. The summed E-state index contributed by atoms with van der Waals surface area (Å²) in [4.78, 5) is 20.6. The van der Waals surface area contributed by atoms with Gasteiger partial charge in [-0.3, -0.25) is 4.79 Å². The standard InChI is InChI=1S/C22H23ClN4O3S2/c1-14-10-19-20(13-24-14)31-21(25-19)22(28)26-6-8-27(9-7-26)32(29,30)18-5-3-15-11-17(23)4-2-16(15)12-18/h2-5,11-12,14,24H,6-10,13H2,1H3. The number of carbonyl (C=O) groups is 1. The van der Waals surface area contributed by atoms with Crippen LogP contribution >= 0.6 is 22.9 Å². The number of sulfonamides is 1. The highest BCUT2D eigenvalue weighted by Crippen LogP contribution is 2.27. The number of fused-ring (bicyclic) bond motifs is 2. The first-order valence-electron chi connectivity index (χ1n) is 10.5. The van der Waals surface area contributed by atoms with E-state index in [0.29, 0.717) is 29.2 Å². The Morgan fingerprint density at radius 1 is 1.12 bits per heavy atom. The Hall–Kier alpha value is -2.04. The van der Waals surface area contributed by atoms with E-state index in [9.17, 15) is 13.2 Å². The Balaban J connectivity index is 1.29. The molecular formula is C22H23ClN4O3S2. The average molecular weight is 491 g/mol. The van der Waals surface area contributed by atoms with E-state index in [1.54, 1.807) is 29.2 Å². The molecule has 0 spiro atoms. The van der Waals surface area contributed by atoms with Crippen LogP contribution in [-0.4, -0.2) is 60.7 Å². The fourth-order valence-electron chi connectivity index (χ4n) is 4.17. The van der Waals surface area contributed by atoms with Gasteiger partial charge in [-0.2, -0.15) is 4.31 Å². The molecule has 0 radical (unpaired) electrons. The van der Waals surface area contributed by atoms with Crippen LogP contribution in [0.2, 0.25) is 5.02 Å². The number of thiazole rings is 1. The second kappa shape index (κ2) is 8.39. The maximum atomic E-state index is 13.2. The number of carbonyl (C=O) groups excluding carboxylic acids is 1. The van der Waals surface area contributed by atoms with Crippen LogP contribution in [-0.2, 0) is 23.0 Å². The van der Waals surface area contributed by atoms with Crippen LogP contribution in [0.3, 0.4) is 0 Å². The second-order valence-corrected chi connectivity index (χ2v) is 11.7. The van der Waals surface area contributed by atoms with Crippen molar-refractivity contribution < 1.29 is 13.2 Å². The van der Waals surface area contributed by atoms with E-state index in [-0.39, 0.29) is 23.9 Å². The van der Waals surface area contributed by atoms with Crippen molar-refractivity contribution in [1.82, 2.24) is 19.5 Å². The van der Waals surface area contributed by atoms with Crippen molar-refractivity contribution in [2.24, 2.45) is 0 Å². The lowest BCUT2D eigenvalue weighted by molar-refractivity contribution is 0.0697. The van der Waals surface area contributed by atoms with E-state index in [1.165, 1.54) is 15.6 Å². The molecule has 168 valence electrons. The van der Waals surface area contributed by atoms with E-state index in [0.717, 1.165) is 34.3 Å². The Morgan fingerprint density at radius 2 is 1.84 bits per heavy atom. The number of piperazine rings is 1. The number of nitrogens with one attached hydrogen (secondary N) is 1. The Kier molecular flexibility index (Phi) is 5.71. The molecule has 3 aromatic rings. The first-order chi connectivity index (χ1) is 15.3. The average Bonchev–Trinajstić information content (AvgIpc) is 3.21. The molecule has 1 amide bonds. The van der Waals surface area contributed by atoms with Gasteiger partial charge in [0.1, 0.15) is 0 Å². The SMILES string of the molecule is CC1Cc2nc(C(=O)N3CCN(S(=O)(=O)c4ccc5cc(Cl)ccc5c4)CC3)sc2CN1. The second-order valence-electron chi connectivity index (χ2n) is 8.22. The minimum atomic E-state index is -3.64. The summed E-state index contributed by atoms with van der Waals surface area (Å²) in [6, 6.07) is 10.8. The first-order valence-corrected chi connectivity index (χ1v) is 13.2. The van der Waals surface area contributed by atoms with Gasteiger partial charge in [-0.05, 0) is 42.0 Å². The number of hydrogen-bond donors (Lipinski definition) is 1. The van der Waals surface area contributed by atoms with Crippen LogP contribution in [0.5, 0.6) is 0 Å². The molecule has 0 bridgehead atoms. The molecule has 2 aliphatic heterocycles. The molecule has 7 nitrogen and oxygen atoms in total. The number of amides is 1. The zero-order valence-electron chi connectivity index (χ0n) is 17.5. The molecule has 1 aromatic heterocycles. The summed E-state index contributed by atoms with van der Waals surface area (Å²) in [5, 5.41) is 6.21. The van der Waals surface area contributed by atoms with Gasteiger partial charge < -0.3 is 10.2 Å². The number of hydrogen-bond acceptors (Lipinski definition) is 6. The number of halogens is 1. The van der Waals surface area contributed by atoms with E-state index in [4.69, 9.17) is 11.6 Å².